The maximum atomic E-state index is 13.5. The molecule has 0 aliphatic rings. The van der Waals surface area contributed by atoms with E-state index >= 15 is 0 Å². The van der Waals surface area contributed by atoms with Gasteiger partial charge in [-0.15, -0.1) is 0 Å². The van der Waals surface area contributed by atoms with Gasteiger partial charge in [0.05, 0.1) is 40.9 Å². The molecule has 1 amide bonds. The fourth-order valence-electron chi connectivity index (χ4n) is 4.13. The van der Waals surface area contributed by atoms with Crippen molar-refractivity contribution in [1.82, 2.24) is 19.6 Å². The summed E-state index contributed by atoms with van der Waals surface area (Å²) < 4.78 is 42.3. The van der Waals surface area contributed by atoms with Crippen molar-refractivity contribution in [2.24, 2.45) is 0 Å². The lowest BCUT2D eigenvalue weighted by atomic mass is 10.1. The van der Waals surface area contributed by atoms with Crippen LogP contribution in [0, 0.1) is 6.92 Å². The summed E-state index contributed by atoms with van der Waals surface area (Å²) >= 11 is 0. The highest BCUT2D eigenvalue weighted by Crippen LogP contribution is 2.30. The first-order chi connectivity index (χ1) is 17.8. The Balaban J connectivity index is 1.42. The van der Waals surface area contributed by atoms with Crippen LogP contribution in [0.3, 0.4) is 0 Å². The van der Waals surface area contributed by atoms with Gasteiger partial charge in [0.1, 0.15) is 5.69 Å². The van der Waals surface area contributed by atoms with E-state index in [1.807, 2.05) is 67.6 Å². The first-order valence-corrected chi connectivity index (χ1v) is 11.5. The molecule has 5 rings (SSSR count). The van der Waals surface area contributed by atoms with Gasteiger partial charge >= 0.3 is 6.18 Å². The summed E-state index contributed by atoms with van der Waals surface area (Å²) in [6.07, 6.45) is -1.38. The molecule has 2 heterocycles. The van der Waals surface area contributed by atoms with Crippen LogP contribution in [-0.2, 0) is 12.7 Å². The van der Waals surface area contributed by atoms with E-state index in [0.29, 0.717) is 28.2 Å². The molecule has 0 unspecified atom stereocenters. The molecule has 2 aromatic heterocycles. The molecule has 0 aliphatic heterocycles. The first kappa shape index (κ1) is 24.1. The van der Waals surface area contributed by atoms with Crippen molar-refractivity contribution in [3.05, 3.63) is 120 Å². The van der Waals surface area contributed by atoms with Crippen LogP contribution in [0.1, 0.15) is 27.2 Å². The fourth-order valence-corrected chi connectivity index (χ4v) is 4.13. The molecule has 0 aliphatic carbocycles. The molecular weight excluding hydrogens is 479 g/mol. The Bertz CT molecular complexity index is 1540. The van der Waals surface area contributed by atoms with E-state index in [0.717, 1.165) is 23.4 Å². The zero-order valence-electron chi connectivity index (χ0n) is 19.8. The second-order valence-electron chi connectivity index (χ2n) is 8.50. The molecule has 0 radical (unpaired) electrons. The highest BCUT2D eigenvalue weighted by atomic mass is 19.4. The van der Waals surface area contributed by atoms with Crippen LogP contribution in [0.25, 0.3) is 16.9 Å². The smallest absolute Gasteiger partial charge is 0.319 e. The molecule has 186 valence electrons. The minimum Gasteiger partial charge on any atom is -0.319 e. The third-order valence-electron chi connectivity index (χ3n) is 5.88. The molecule has 37 heavy (non-hydrogen) atoms. The molecule has 1 N–H and O–H groups in total. The van der Waals surface area contributed by atoms with Crippen molar-refractivity contribution < 1.29 is 18.0 Å². The molecule has 0 atom stereocenters. The number of rotatable bonds is 6. The zero-order valence-corrected chi connectivity index (χ0v) is 19.8. The van der Waals surface area contributed by atoms with Crippen LogP contribution < -0.4 is 5.32 Å². The second-order valence-corrected chi connectivity index (χ2v) is 8.50. The van der Waals surface area contributed by atoms with Crippen molar-refractivity contribution in [3.8, 4) is 16.9 Å². The van der Waals surface area contributed by atoms with Gasteiger partial charge in [0, 0.05) is 11.8 Å². The lowest BCUT2D eigenvalue weighted by Gasteiger charge is -2.09. The maximum absolute atomic E-state index is 13.5. The first-order valence-electron chi connectivity index (χ1n) is 11.5. The quantitative estimate of drug-likeness (QED) is 0.294. The Hall–Kier alpha value is -4.66. The Morgan fingerprint density at radius 3 is 2.35 bits per heavy atom. The predicted octanol–water partition coefficient (Wildman–Crippen LogP) is 6.36. The van der Waals surface area contributed by atoms with Crippen LogP contribution in [0.5, 0.6) is 0 Å². The van der Waals surface area contributed by atoms with Gasteiger partial charge in [0.15, 0.2) is 0 Å². The van der Waals surface area contributed by atoms with Gasteiger partial charge < -0.3 is 5.32 Å². The van der Waals surface area contributed by atoms with E-state index in [9.17, 15) is 18.0 Å². The normalized spacial score (nSPS) is 11.5. The van der Waals surface area contributed by atoms with Crippen LogP contribution in [0.2, 0.25) is 0 Å². The summed E-state index contributed by atoms with van der Waals surface area (Å²) in [5.74, 6) is -0.364. The van der Waals surface area contributed by atoms with E-state index in [-0.39, 0.29) is 12.5 Å². The summed E-state index contributed by atoms with van der Waals surface area (Å²) in [6, 6.07) is 24.0. The Morgan fingerprint density at radius 2 is 1.65 bits per heavy atom. The van der Waals surface area contributed by atoms with Gasteiger partial charge in [-0.2, -0.15) is 23.4 Å². The molecule has 0 saturated heterocycles. The third kappa shape index (κ3) is 5.16. The topological polar surface area (TPSA) is 64.7 Å². The number of amides is 1. The van der Waals surface area contributed by atoms with Gasteiger partial charge in [-0.3, -0.25) is 9.48 Å². The van der Waals surface area contributed by atoms with Crippen molar-refractivity contribution >= 4 is 11.6 Å². The highest BCUT2D eigenvalue weighted by Gasteiger charge is 2.30. The van der Waals surface area contributed by atoms with Crippen LogP contribution in [0.15, 0.2) is 97.3 Å². The molecule has 6 nitrogen and oxygen atoms in total. The summed E-state index contributed by atoms with van der Waals surface area (Å²) in [7, 11) is 0. The van der Waals surface area contributed by atoms with Crippen LogP contribution in [0.4, 0.5) is 18.9 Å². The van der Waals surface area contributed by atoms with E-state index in [1.165, 1.54) is 16.9 Å². The monoisotopic (exact) mass is 501 g/mol. The number of hydrogen-bond donors (Lipinski definition) is 1. The average molecular weight is 502 g/mol. The lowest BCUT2D eigenvalue weighted by Crippen LogP contribution is -2.14. The minimum atomic E-state index is -4.42. The van der Waals surface area contributed by atoms with Gasteiger partial charge in [0.2, 0.25) is 0 Å². The number of carbonyl (C=O) groups is 1. The number of alkyl halides is 3. The van der Waals surface area contributed by atoms with Gasteiger partial charge in [-0.1, -0.05) is 60.7 Å². The lowest BCUT2D eigenvalue weighted by molar-refractivity contribution is -0.137. The second kappa shape index (κ2) is 9.77. The fraction of sp³-hybridized carbons (Fsp3) is 0.107. The Kier molecular flexibility index (Phi) is 6.35. The number of carbonyl (C=O) groups excluding carboxylic acids is 1. The molecule has 3 aromatic carbocycles. The zero-order chi connectivity index (χ0) is 26.0. The number of para-hydroxylation sites is 1. The van der Waals surface area contributed by atoms with Crippen molar-refractivity contribution in [3.63, 3.8) is 0 Å². The number of aromatic nitrogens is 4. The minimum absolute atomic E-state index is 0.125. The van der Waals surface area contributed by atoms with Crippen LogP contribution >= 0.6 is 0 Å². The average Bonchev–Trinajstić information content (AvgIpc) is 3.48. The van der Waals surface area contributed by atoms with Crippen molar-refractivity contribution in [2.45, 2.75) is 19.6 Å². The number of hydrogen-bond acceptors (Lipinski definition) is 3. The predicted molar refractivity (Wildman–Crippen MR) is 134 cm³/mol. The van der Waals surface area contributed by atoms with E-state index in [1.54, 1.807) is 16.9 Å². The van der Waals surface area contributed by atoms with Gasteiger partial charge in [-0.25, -0.2) is 4.68 Å². The summed E-state index contributed by atoms with van der Waals surface area (Å²) in [4.78, 5) is 13.5. The Labute approximate surface area is 211 Å². The molecular formula is C28H22F3N5O. The molecule has 9 heteroatoms. The van der Waals surface area contributed by atoms with E-state index in [2.05, 4.69) is 10.4 Å². The molecule has 0 bridgehead atoms. The molecule has 0 spiro atoms. The standard InChI is InChI=1S/C28H22F3N5O/c1-19-25(26(21-10-4-2-5-11-21)34-36(19)24-13-6-3-7-14-24)27(37)33-23-16-32-35(18-23)17-20-9-8-12-22(15-20)28(29,30)31/h2-16,18H,17H2,1H3,(H,33,37). The number of nitrogens with zero attached hydrogens (tertiary/aromatic N) is 4. The number of nitrogens with one attached hydrogen (secondary N) is 1. The van der Waals surface area contributed by atoms with Gasteiger partial charge in [0.25, 0.3) is 5.91 Å². The summed E-state index contributed by atoms with van der Waals surface area (Å²) in [6.45, 7) is 1.96. The SMILES string of the molecule is Cc1c(C(=O)Nc2cnn(Cc3cccc(C(F)(F)F)c3)c2)c(-c2ccccc2)nn1-c1ccccc1. The maximum Gasteiger partial charge on any atom is 0.416 e. The Morgan fingerprint density at radius 1 is 0.946 bits per heavy atom. The van der Waals surface area contributed by atoms with E-state index < -0.39 is 11.7 Å². The van der Waals surface area contributed by atoms with Gasteiger partial charge in [-0.05, 0) is 36.8 Å². The highest BCUT2D eigenvalue weighted by molar-refractivity contribution is 6.09. The molecule has 0 fully saturated rings. The third-order valence-corrected chi connectivity index (χ3v) is 5.88. The van der Waals surface area contributed by atoms with Crippen LogP contribution in [-0.4, -0.2) is 25.5 Å². The summed E-state index contributed by atoms with van der Waals surface area (Å²) in [5, 5.41) is 11.8. The molecule has 5 aromatic rings. The largest absolute Gasteiger partial charge is 0.416 e. The van der Waals surface area contributed by atoms with E-state index in [4.69, 9.17) is 5.10 Å². The van der Waals surface area contributed by atoms with Crippen molar-refractivity contribution in [1.29, 1.82) is 0 Å². The molecule has 0 saturated carbocycles. The number of anilines is 1. The van der Waals surface area contributed by atoms with Crippen molar-refractivity contribution in [2.75, 3.05) is 5.32 Å². The number of benzene rings is 3. The number of halogens is 3. The summed E-state index contributed by atoms with van der Waals surface area (Å²) in [5.41, 5.74) is 3.39.